The highest BCUT2D eigenvalue weighted by atomic mass is 32.2. The van der Waals surface area contributed by atoms with Gasteiger partial charge in [0.1, 0.15) is 12.7 Å². The van der Waals surface area contributed by atoms with Crippen LogP contribution in [0.25, 0.3) is 0 Å². The second-order valence-corrected chi connectivity index (χ2v) is 7.03. The molecule has 0 saturated heterocycles. The SMILES string of the molecule is C[N+]1=C2C=CC=CC=C2S[C@]12C([N+](=O)[O-])=CC(=[N+]([O-])[O-])c1cccnc12. The van der Waals surface area contributed by atoms with Gasteiger partial charge in [0.15, 0.2) is 0 Å². The molecule has 26 heavy (non-hydrogen) atoms. The summed E-state index contributed by atoms with van der Waals surface area (Å²) in [5, 5.41) is 34.9. The van der Waals surface area contributed by atoms with Crippen LogP contribution in [0.3, 0.4) is 0 Å². The molecule has 1 aromatic rings. The van der Waals surface area contributed by atoms with Crippen LogP contribution in [0.5, 0.6) is 0 Å². The molecule has 0 aromatic carbocycles. The molecule has 1 aliphatic heterocycles. The van der Waals surface area contributed by atoms with Crippen LogP contribution in [-0.4, -0.2) is 37.9 Å². The minimum absolute atomic E-state index is 0.276. The zero-order valence-corrected chi connectivity index (χ0v) is 14.3. The Labute approximate surface area is 152 Å². The van der Waals surface area contributed by atoms with Gasteiger partial charge in [-0.05, 0) is 30.0 Å². The van der Waals surface area contributed by atoms with Crippen LogP contribution in [0, 0.1) is 20.5 Å². The molecule has 2 aliphatic carbocycles. The number of fused-ring (bicyclic) bond motifs is 3. The van der Waals surface area contributed by atoms with Crippen molar-refractivity contribution in [3.05, 3.63) is 97.2 Å². The van der Waals surface area contributed by atoms with E-state index in [1.165, 1.54) is 18.0 Å². The van der Waals surface area contributed by atoms with E-state index in [1.54, 1.807) is 23.8 Å². The zero-order valence-electron chi connectivity index (χ0n) is 13.5. The summed E-state index contributed by atoms with van der Waals surface area (Å²) in [4.78, 5) is 14.6. The van der Waals surface area contributed by atoms with Crippen molar-refractivity contribution in [2.24, 2.45) is 0 Å². The first-order valence-corrected chi connectivity index (χ1v) is 8.47. The highest BCUT2D eigenvalue weighted by Gasteiger charge is 2.65. The van der Waals surface area contributed by atoms with E-state index in [4.69, 9.17) is 0 Å². The van der Waals surface area contributed by atoms with Crippen molar-refractivity contribution in [3.63, 3.8) is 0 Å². The fraction of sp³-hybridized carbons (Fsp3) is 0.118. The standard InChI is InChI=1S/C17H12N4O4S/c1-19-12-7-3-2-4-8-14(12)26-17(19)15(21(24)25)10-13(20(22)23)11-6-5-9-18-16(11)17/h2-10H,1H3/t17-/m0/s1. The second kappa shape index (κ2) is 5.67. The summed E-state index contributed by atoms with van der Waals surface area (Å²) in [7, 11) is 1.74. The fourth-order valence-electron chi connectivity index (χ4n) is 3.35. The second-order valence-electron chi connectivity index (χ2n) is 5.79. The van der Waals surface area contributed by atoms with Crippen molar-refractivity contribution >= 4 is 23.2 Å². The Kier molecular flexibility index (Phi) is 3.55. The Bertz CT molecular complexity index is 1030. The van der Waals surface area contributed by atoms with E-state index in [9.17, 15) is 20.5 Å². The maximum atomic E-state index is 11.9. The number of likely N-dealkylation sites (N-methyl/N-ethyl adjacent to an activating group) is 1. The molecular weight excluding hydrogens is 356 g/mol. The first kappa shape index (κ1) is 16.3. The Morgan fingerprint density at radius 2 is 2.04 bits per heavy atom. The molecule has 3 aliphatic rings. The summed E-state index contributed by atoms with van der Waals surface area (Å²) in [6, 6.07) is 3.17. The molecule has 1 atom stereocenters. The minimum atomic E-state index is -1.27. The Hall–Kier alpha value is -3.20. The van der Waals surface area contributed by atoms with Gasteiger partial charge in [0.05, 0.1) is 21.5 Å². The number of thioether (sulfide) groups is 1. The van der Waals surface area contributed by atoms with Crippen molar-refractivity contribution in [1.82, 2.24) is 4.98 Å². The van der Waals surface area contributed by atoms with E-state index in [-0.39, 0.29) is 11.4 Å². The summed E-state index contributed by atoms with van der Waals surface area (Å²) in [6.45, 7) is 0. The number of pyridine rings is 1. The van der Waals surface area contributed by atoms with Crippen LogP contribution in [-0.2, 0) is 4.87 Å². The molecule has 9 heteroatoms. The number of nitrogens with zero attached hydrogens (tertiary/aromatic N) is 4. The maximum absolute atomic E-state index is 11.9. The smallest absolute Gasteiger partial charge is 0.347 e. The lowest BCUT2D eigenvalue weighted by Crippen LogP contribution is -2.43. The molecule has 0 fully saturated rings. The van der Waals surface area contributed by atoms with Gasteiger partial charge in [-0.25, -0.2) is 4.58 Å². The third kappa shape index (κ3) is 2.07. The van der Waals surface area contributed by atoms with Crippen LogP contribution in [0.1, 0.15) is 11.3 Å². The van der Waals surface area contributed by atoms with Crippen molar-refractivity contribution in [3.8, 4) is 0 Å². The van der Waals surface area contributed by atoms with E-state index in [2.05, 4.69) is 4.98 Å². The normalized spacial score (nSPS) is 23.3. The van der Waals surface area contributed by atoms with Gasteiger partial charge in [-0.1, -0.05) is 18.2 Å². The predicted octanol–water partition coefficient (Wildman–Crippen LogP) is 2.05. The molecular formula is C17H12N4O4S. The quantitative estimate of drug-likeness (QED) is 0.325. The first-order chi connectivity index (χ1) is 12.5. The summed E-state index contributed by atoms with van der Waals surface area (Å²) in [5.41, 5.74) is 0.795. The zero-order chi connectivity index (χ0) is 18.5. The summed E-state index contributed by atoms with van der Waals surface area (Å²) < 4.78 is 1.77. The van der Waals surface area contributed by atoms with Crippen molar-refractivity contribution in [1.29, 1.82) is 0 Å². The number of nitro groups is 1. The monoisotopic (exact) mass is 368 g/mol. The molecule has 0 N–H and O–H groups in total. The van der Waals surface area contributed by atoms with Gasteiger partial charge in [-0.3, -0.25) is 15.1 Å². The van der Waals surface area contributed by atoms with Crippen LogP contribution in [0.15, 0.2) is 65.4 Å². The molecule has 0 radical (unpaired) electrons. The van der Waals surface area contributed by atoms with Gasteiger partial charge in [0.25, 0.3) is 0 Å². The number of hydrogen-bond acceptors (Lipinski definition) is 6. The largest absolute Gasteiger partial charge is 0.612 e. The van der Waals surface area contributed by atoms with Crippen LogP contribution < -0.4 is 0 Å². The van der Waals surface area contributed by atoms with Gasteiger partial charge in [-0.2, -0.15) is 4.90 Å². The topological polar surface area (TPSA) is 108 Å². The molecule has 4 rings (SSSR count). The molecule has 0 saturated carbocycles. The highest BCUT2D eigenvalue weighted by molar-refractivity contribution is 8.05. The Morgan fingerprint density at radius 1 is 1.23 bits per heavy atom. The Balaban J connectivity index is 2.09. The minimum Gasteiger partial charge on any atom is -0.612 e. The maximum Gasteiger partial charge on any atom is 0.347 e. The number of rotatable bonds is 1. The number of aromatic nitrogens is 1. The highest BCUT2D eigenvalue weighted by Crippen LogP contribution is 2.54. The molecule has 0 bridgehead atoms. The third-order valence-electron chi connectivity index (χ3n) is 4.49. The lowest BCUT2D eigenvalue weighted by molar-refractivity contribution is -0.585. The summed E-state index contributed by atoms with van der Waals surface area (Å²) in [6.07, 6.45) is 11.9. The van der Waals surface area contributed by atoms with Gasteiger partial charge in [0, 0.05) is 12.3 Å². The lowest BCUT2D eigenvalue weighted by Gasteiger charge is -2.26. The van der Waals surface area contributed by atoms with E-state index in [0.29, 0.717) is 11.3 Å². The molecule has 1 spiro atoms. The summed E-state index contributed by atoms with van der Waals surface area (Å²) >= 11 is 1.27. The lowest BCUT2D eigenvalue weighted by atomic mass is 9.92. The third-order valence-corrected chi connectivity index (χ3v) is 6.02. The predicted molar refractivity (Wildman–Crippen MR) is 97.2 cm³/mol. The molecule has 130 valence electrons. The van der Waals surface area contributed by atoms with E-state index in [1.807, 2.05) is 30.4 Å². The number of hydrogen-bond donors (Lipinski definition) is 0. The average Bonchev–Trinajstić information content (AvgIpc) is 2.77. The van der Waals surface area contributed by atoms with Crippen molar-refractivity contribution in [2.75, 3.05) is 7.05 Å². The van der Waals surface area contributed by atoms with Gasteiger partial charge in [0.2, 0.25) is 11.4 Å². The van der Waals surface area contributed by atoms with Crippen molar-refractivity contribution < 1.29 is 14.4 Å². The average molecular weight is 368 g/mol. The molecule has 0 unspecified atom stereocenters. The van der Waals surface area contributed by atoms with Gasteiger partial charge in [-0.15, -0.1) is 0 Å². The molecule has 0 amide bonds. The Morgan fingerprint density at radius 3 is 2.77 bits per heavy atom. The van der Waals surface area contributed by atoms with Gasteiger partial charge < -0.3 is 10.4 Å². The number of allylic oxidation sites excluding steroid dienone is 7. The van der Waals surface area contributed by atoms with E-state index >= 15 is 0 Å². The molecule has 8 nitrogen and oxygen atoms in total. The van der Waals surface area contributed by atoms with Gasteiger partial charge >= 0.3 is 10.6 Å². The van der Waals surface area contributed by atoms with E-state index < -0.39 is 14.7 Å². The van der Waals surface area contributed by atoms with E-state index in [0.717, 1.165) is 16.7 Å². The summed E-state index contributed by atoms with van der Waals surface area (Å²) in [5.74, 6) is 0. The first-order valence-electron chi connectivity index (χ1n) is 7.66. The van der Waals surface area contributed by atoms with Crippen LogP contribution in [0.2, 0.25) is 0 Å². The van der Waals surface area contributed by atoms with Crippen molar-refractivity contribution in [2.45, 2.75) is 4.87 Å². The van der Waals surface area contributed by atoms with Crippen LogP contribution >= 0.6 is 11.8 Å². The fourth-order valence-corrected chi connectivity index (χ4v) is 4.86. The molecule has 2 heterocycles. The molecule has 1 aromatic heterocycles. The van der Waals surface area contributed by atoms with Crippen LogP contribution in [0.4, 0.5) is 0 Å².